The Kier molecular flexibility index (Phi) is 38.7. The van der Waals surface area contributed by atoms with E-state index in [2.05, 4.69) is 86.8 Å². The smallest absolute Gasteiger partial charge is 0.306 e. The number of hydrogen-bond acceptors (Lipinski definition) is 3. The number of carboxylic acid groups (broad SMARTS) is 1. The van der Waals surface area contributed by atoms with Gasteiger partial charge in [-0.15, -0.1) is 0 Å². The minimum absolute atomic E-state index is 0.131. The standard InChI is InChI=1S/C46H78O4/c1-3-5-7-9-11-13-15-17-19-21-22-24-26-28-30-32-34-36-38-43-46(49)50-44(41-39-42-45(47)48)40-37-35-33-31-29-27-25-23-20-18-16-14-12-10-8-6-4-2/h5,7,11,13,17,19,22,24,28,30,34,36,44H,3-4,6,8-10,12,14-16,18,20-21,23,25-27,29,31-33,35,37-43H2,1-2H3,(H,47,48)/b7-5-,13-11-,19-17-,24-22-,30-28-,36-34-. The third kappa shape index (κ3) is 39.8. The summed E-state index contributed by atoms with van der Waals surface area (Å²) >= 11 is 0. The second-order valence-corrected chi connectivity index (χ2v) is 13.8. The molecule has 0 radical (unpaired) electrons. The summed E-state index contributed by atoms with van der Waals surface area (Å²) in [5.41, 5.74) is 0. The van der Waals surface area contributed by atoms with Crippen molar-refractivity contribution in [3.8, 4) is 0 Å². The van der Waals surface area contributed by atoms with Crippen molar-refractivity contribution in [2.75, 3.05) is 0 Å². The van der Waals surface area contributed by atoms with E-state index in [1.54, 1.807) is 0 Å². The van der Waals surface area contributed by atoms with Crippen molar-refractivity contribution >= 4 is 11.9 Å². The lowest BCUT2D eigenvalue weighted by Gasteiger charge is -2.17. The molecule has 1 unspecified atom stereocenters. The van der Waals surface area contributed by atoms with Crippen LogP contribution in [0.5, 0.6) is 0 Å². The predicted molar refractivity (Wildman–Crippen MR) is 218 cm³/mol. The number of allylic oxidation sites excluding steroid dienone is 12. The maximum atomic E-state index is 12.5. The Hall–Kier alpha value is -2.62. The predicted octanol–water partition coefficient (Wildman–Crippen LogP) is 14.7. The zero-order valence-electron chi connectivity index (χ0n) is 32.7. The van der Waals surface area contributed by atoms with E-state index >= 15 is 0 Å². The number of carbonyl (C=O) groups is 2. The molecule has 0 aromatic heterocycles. The van der Waals surface area contributed by atoms with Gasteiger partial charge >= 0.3 is 11.9 Å². The summed E-state index contributed by atoms with van der Waals surface area (Å²) in [6.45, 7) is 4.43. The molecular weight excluding hydrogens is 617 g/mol. The highest BCUT2D eigenvalue weighted by molar-refractivity contribution is 5.69. The van der Waals surface area contributed by atoms with Gasteiger partial charge in [-0.1, -0.05) is 189 Å². The van der Waals surface area contributed by atoms with Gasteiger partial charge in [0.25, 0.3) is 0 Å². The van der Waals surface area contributed by atoms with Gasteiger partial charge in [-0.05, 0) is 70.6 Å². The van der Waals surface area contributed by atoms with Crippen LogP contribution in [0.2, 0.25) is 0 Å². The van der Waals surface area contributed by atoms with E-state index in [1.807, 2.05) is 0 Å². The third-order valence-corrected chi connectivity index (χ3v) is 8.96. The number of carbonyl (C=O) groups excluding carboxylic acids is 1. The van der Waals surface area contributed by atoms with Crippen molar-refractivity contribution in [2.24, 2.45) is 0 Å². The molecule has 4 nitrogen and oxygen atoms in total. The van der Waals surface area contributed by atoms with E-state index in [-0.39, 0.29) is 18.5 Å². The van der Waals surface area contributed by atoms with Crippen molar-refractivity contribution in [3.63, 3.8) is 0 Å². The number of carboxylic acids is 1. The fourth-order valence-corrected chi connectivity index (χ4v) is 5.93. The van der Waals surface area contributed by atoms with E-state index in [0.717, 1.165) is 57.8 Å². The second kappa shape index (κ2) is 40.8. The van der Waals surface area contributed by atoms with Crippen LogP contribution >= 0.6 is 0 Å². The molecule has 0 bridgehead atoms. The van der Waals surface area contributed by atoms with Crippen LogP contribution in [0.4, 0.5) is 0 Å². The van der Waals surface area contributed by atoms with Crippen molar-refractivity contribution < 1.29 is 19.4 Å². The van der Waals surface area contributed by atoms with Crippen molar-refractivity contribution in [1.29, 1.82) is 0 Å². The molecule has 0 aliphatic carbocycles. The first kappa shape index (κ1) is 47.4. The van der Waals surface area contributed by atoms with Gasteiger partial charge in [-0.3, -0.25) is 9.59 Å². The summed E-state index contributed by atoms with van der Waals surface area (Å²) in [6.07, 6.45) is 57.8. The van der Waals surface area contributed by atoms with Crippen LogP contribution in [0.25, 0.3) is 0 Å². The molecule has 4 heteroatoms. The Labute approximate surface area is 309 Å². The average molecular weight is 695 g/mol. The number of hydrogen-bond donors (Lipinski definition) is 1. The van der Waals surface area contributed by atoms with Gasteiger partial charge in [0, 0.05) is 12.8 Å². The SMILES string of the molecule is CC/C=C\C/C=C\C/C=C\C/C=C\C/C=C\C/C=C\CCC(=O)OC(CCCCCCCCCCCCCCCCCCC)CCCC(=O)O. The summed E-state index contributed by atoms with van der Waals surface area (Å²) in [6, 6.07) is 0. The molecule has 0 aliphatic heterocycles. The van der Waals surface area contributed by atoms with Crippen LogP contribution in [0.15, 0.2) is 72.9 Å². The Morgan fingerprint density at radius 3 is 1.22 bits per heavy atom. The first-order valence-electron chi connectivity index (χ1n) is 20.9. The molecular formula is C46H78O4. The van der Waals surface area contributed by atoms with Crippen molar-refractivity contribution in [2.45, 2.75) is 206 Å². The van der Waals surface area contributed by atoms with Crippen molar-refractivity contribution in [3.05, 3.63) is 72.9 Å². The minimum atomic E-state index is -0.787. The quantitative estimate of drug-likeness (QED) is 0.0399. The topological polar surface area (TPSA) is 63.6 Å². The van der Waals surface area contributed by atoms with E-state index < -0.39 is 5.97 Å². The van der Waals surface area contributed by atoms with Gasteiger partial charge in [0.15, 0.2) is 0 Å². The summed E-state index contributed by atoms with van der Waals surface area (Å²) < 4.78 is 5.80. The first-order valence-corrected chi connectivity index (χ1v) is 20.9. The molecule has 0 saturated heterocycles. The van der Waals surface area contributed by atoms with Gasteiger partial charge in [-0.25, -0.2) is 0 Å². The zero-order chi connectivity index (χ0) is 36.4. The molecule has 1 N–H and O–H groups in total. The molecule has 1 atom stereocenters. The number of aliphatic carboxylic acids is 1. The highest BCUT2D eigenvalue weighted by atomic mass is 16.5. The monoisotopic (exact) mass is 695 g/mol. The van der Waals surface area contributed by atoms with E-state index in [9.17, 15) is 9.59 Å². The maximum absolute atomic E-state index is 12.5. The summed E-state index contributed by atoms with van der Waals surface area (Å²) in [7, 11) is 0. The summed E-state index contributed by atoms with van der Waals surface area (Å²) in [5, 5.41) is 9.04. The minimum Gasteiger partial charge on any atom is -0.481 e. The molecule has 0 spiro atoms. The number of rotatable bonds is 37. The van der Waals surface area contributed by atoms with Gasteiger partial charge in [0.05, 0.1) is 0 Å². The number of ether oxygens (including phenoxy) is 1. The molecule has 0 rings (SSSR count). The lowest BCUT2D eigenvalue weighted by atomic mass is 10.0. The molecule has 0 aromatic rings. The third-order valence-electron chi connectivity index (χ3n) is 8.96. The Bertz CT molecular complexity index is 922. The molecule has 0 aromatic carbocycles. The van der Waals surface area contributed by atoms with Crippen LogP contribution in [-0.2, 0) is 14.3 Å². The fraction of sp³-hybridized carbons (Fsp3) is 0.696. The zero-order valence-corrected chi connectivity index (χ0v) is 32.7. The molecule has 286 valence electrons. The van der Waals surface area contributed by atoms with Gasteiger partial charge in [0.1, 0.15) is 6.10 Å². The highest BCUT2D eigenvalue weighted by Gasteiger charge is 2.14. The summed E-state index contributed by atoms with van der Waals surface area (Å²) in [4.78, 5) is 23.5. The average Bonchev–Trinajstić information content (AvgIpc) is 3.10. The van der Waals surface area contributed by atoms with Gasteiger partial charge in [0.2, 0.25) is 0 Å². The van der Waals surface area contributed by atoms with E-state index in [1.165, 1.54) is 96.3 Å². The molecule has 0 amide bonds. The van der Waals surface area contributed by atoms with Gasteiger partial charge < -0.3 is 9.84 Å². The van der Waals surface area contributed by atoms with E-state index in [0.29, 0.717) is 25.7 Å². The van der Waals surface area contributed by atoms with E-state index in [4.69, 9.17) is 9.84 Å². The van der Waals surface area contributed by atoms with Crippen LogP contribution in [0.3, 0.4) is 0 Å². The van der Waals surface area contributed by atoms with Crippen LogP contribution in [0, 0.1) is 0 Å². The second-order valence-electron chi connectivity index (χ2n) is 13.8. The molecule has 0 saturated carbocycles. The Balaban J connectivity index is 3.95. The lowest BCUT2D eigenvalue weighted by molar-refractivity contribution is -0.149. The maximum Gasteiger partial charge on any atom is 0.306 e. The number of esters is 1. The van der Waals surface area contributed by atoms with Crippen LogP contribution in [0.1, 0.15) is 200 Å². The highest BCUT2D eigenvalue weighted by Crippen LogP contribution is 2.18. The lowest BCUT2D eigenvalue weighted by Crippen LogP contribution is -2.18. The fourth-order valence-electron chi connectivity index (χ4n) is 5.93. The number of unbranched alkanes of at least 4 members (excludes halogenated alkanes) is 16. The molecule has 0 heterocycles. The van der Waals surface area contributed by atoms with Crippen molar-refractivity contribution in [1.82, 2.24) is 0 Å². The normalized spacial score (nSPS) is 13.0. The first-order chi connectivity index (χ1) is 24.6. The Morgan fingerprint density at radius 2 is 0.820 bits per heavy atom. The Morgan fingerprint density at radius 1 is 0.460 bits per heavy atom. The largest absolute Gasteiger partial charge is 0.481 e. The van der Waals surface area contributed by atoms with Crippen LogP contribution < -0.4 is 0 Å². The molecule has 0 fully saturated rings. The summed E-state index contributed by atoms with van der Waals surface area (Å²) in [5.74, 6) is -0.956. The van der Waals surface area contributed by atoms with Crippen LogP contribution in [-0.4, -0.2) is 23.1 Å². The molecule has 0 aliphatic rings. The van der Waals surface area contributed by atoms with Gasteiger partial charge in [-0.2, -0.15) is 0 Å². The molecule has 50 heavy (non-hydrogen) atoms.